The number of allylic oxidation sites excluding steroid dienone is 3. The van der Waals surface area contributed by atoms with Crippen LogP contribution in [0.2, 0.25) is 0 Å². The van der Waals surface area contributed by atoms with Gasteiger partial charge in [-0.2, -0.15) is 0 Å². The van der Waals surface area contributed by atoms with Crippen molar-refractivity contribution in [2.45, 2.75) is 41.5 Å². The van der Waals surface area contributed by atoms with Gasteiger partial charge in [0.25, 0.3) is 0 Å². The van der Waals surface area contributed by atoms with Gasteiger partial charge in [-0.3, -0.25) is 0 Å². The molecule has 0 bridgehead atoms. The van der Waals surface area contributed by atoms with Gasteiger partial charge in [-0.05, 0) is 33.5 Å². The van der Waals surface area contributed by atoms with E-state index in [9.17, 15) is 5.21 Å². The zero-order valence-electron chi connectivity index (χ0n) is 14.6. The Kier molecular flexibility index (Phi) is 3.85. The van der Waals surface area contributed by atoms with Gasteiger partial charge in [-0.25, -0.2) is 0 Å². The summed E-state index contributed by atoms with van der Waals surface area (Å²) in [6, 6.07) is 9.75. The molecular weight excluding hydrogens is 270 g/mol. The number of rotatable bonds is 2. The Hall–Kier alpha value is -1.83. The molecule has 0 unspecified atom stereocenters. The topological polar surface area (TPSA) is 32.6 Å². The van der Waals surface area contributed by atoms with Crippen LogP contribution in [0.15, 0.2) is 59.3 Å². The zero-order valence-corrected chi connectivity index (χ0v) is 14.6. The molecule has 1 fully saturated rings. The summed E-state index contributed by atoms with van der Waals surface area (Å²) in [6.45, 7) is 17.9. The van der Waals surface area contributed by atoms with E-state index in [1.807, 2.05) is 36.4 Å². The van der Waals surface area contributed by atoms with Crippen LogP contribution in [0.5, 0.6) is 0 Å². The van der Waals surface area contributed by atoms with Crippen molar-refractivity contribution < 1.29 is 5.21 Å². The first-order valence-corrected chi connectivity index (χ1v) is 7.77. The lowest BCUT2D eigenvalue weighted by atomic mass is 9.60. The van der Waals surface area contributed by atoms with Crippen LogP contribution in [-0.2, 0) is 0 Å². The molecule has 22 heavy (non-hydrogen) atoms. The van der Waals surface area contributed by atoms with Crippen molar-refractivity contribution >= 4 is 5.71 Å². The monoisotopic (exact) mass is 297 g/mol. The van der Waals surface area contributed by atoms with E-state index < -0.39 is 0 Å². The highest BCUT2D eigenvalue weighted by Crippen LogP contribution is 2.66. The normalized spacial score (nSPS) is 24.7. The van der Waals surface area contributed by atoms with Gasteiger partial charge >= 0.3 is 0 Å². The first-order chi connectivity index (χ1) is 10.1. The summed E-state index contributed by atoms with van der Waals surface area (Å²) in [5, 5.41) is 13.0. The summed E-state index contributed by atoms with van der Waals surface area (Å²) in [6.07, 6.45) is 1.99. The number of hydrogen-bond acceptors (Lipinski definition) is 2. The quantitative estimate of drug-likeness (QED) is 0.440. The standard InChI is InChI=1S/C20H27NO/c1-14-16(19(4,5)20(6,7)18(14,2)3)13-17(21-22)15-11-9-8-10-12-15/h8-13,22H,1H2,2-7H3/b16-13+,21-17-. The predicted octanol–water partition coefficient (Wildman–Crippen LogP) is 5.44. The Bertz CT molecular complexity index is 646. The maximum absolute atomic E-state index is 9.47. The Morgan fingerprint density at radius 2 is 1.55 bits per heavy atom. The van der Waals surface area contributed by atoms with Crippen LogP contribution < -0.4 is 0 Å². The smallest absolute Gasteiger partial charge is 0.110 e. The highest BCUT2D eigenvalue weighted by molar-refractivity contribution is 6.09. The third-order valence-corrected chi connectivity index (χ3v) is 6.34. The second-order valence-corrected chi connectivity index (χ2v) is 7.76. The van der Waals surface area contributed by atoms with E-state index in [0.717, 1.165) is 11.1 Å². The lowest BCUT2D eigenvalue weighted by Gasteiger charge is -2.43. The van der Waals surface area contributed by atoms with E-state index in [4.69, 9.17) is 0 Å². The van der Waals surface area contributed by atoms with E-state index in [1.165, 1.54) is 5.57 Å². The van der Waals surface area contributed by atoms with Gasteiger partial charge in [-0.15, -0.1) is 0 Å². The zero-order chi connectivity index (χ0) is 16.8. The molecule has 0 aliphatic heterocycles. The van der Waals surface area contributed by atoms with E-state index in [2.05, 4.69) is 53.3 Å². The molecule has 2 nitrogen and oxygen atoms in total. The van der Waals surface area contributed by atoms with Gasteiger partial charge in [0, 0.05) is 5.56 Å². The van der Waals surface area contributed by atoms with Crippen molar-refractivity contribution in [2.75, 3.05) is 0 Å². The molecule has 0 spiro atoms. The molecule has 0 atom stereocenters. The molecule has 1 aromatic carbocycles. The summed E-state index contributed by atoms with van der Waals surface area (Å²) in [5.41, 5.74) is 3.76. The number of oxime groups is 1. The molecule has 0 aromatic heterocycles. The molecule has 1 aromatic rings. The van der Waals surface area contributed by atoms with Crippen LogP contribution in [0.3, 0.4) is 0 Å². The molecule has 1 aliphatic rings. The van der Waals surface area contributed by atoms with E-state index in [-0.39, 0.29) is 16.2 Å². The molecule has 1 N–H and O–H groups in total. The summed E-state index contributed by atoms with van der Waals surface area (Å²) in [5.74, 6) is 0. The van der Waals surface area contributed by atoms with Crippen LogP contribution in [0.25, 0.3) is 0 Å². The lowest BCUT2D eigenvalue weighted by molar-refractivity contribution is 0.0754. The van der Waals surface area contributed by atoms with Crippen molar-refractivity contribution in [2.24, 2.45) is 21.4 Å². The molecule has 0 radical (unpaired) electrons. The molecule has 0 saturated heterocycles. The van der Waals surface area contributed by atoms with Gasteiger partial charge in [0.2, 0.25) is 0 Å². The molecular formula is C20H27NO. The average Bonchev–Trinajstić information content (AvgIpc) is 2.55. The summed E-state index contributed by atoms with van der Waals surface area (Å²) in [7, 11) is 0. The van der Waals surface area contributed by atoms with E-state index >= 15 is 0 Å². The van der Waals surface area contributed by atoms with Gasteiger partial charge in [0.15, 0.2) is 0 Å². The third kappa shape index (κ3) is 2.13. The Balaban J connectivity index is 2.59. The third-order valence-electron chi connectivity index (χ3n) is 6.34. The lowest BCUT2D eigenvalue weighted by Crippen LogP contribution is -2.37. The molecule has 1 saturated carbocycles. The first kappa shape index (κ1) is 16.5. The van der Waals surface area contributed by atoms with Gasteiger partial charge in [-0.1, -0.05) is 83.6 Å². The van der Waals surface area contributed by atoms with Crippen molar-refractivity contribution in [1.29, 1.82) is 0 Å². The largest absolute Gasteiger partial charge is 0.410 e. The molecule has 0 heterocycles. The minimum absolute atomic E-state index is 0.0143. The predicted molar refractivity (Wildman–Crippen MR) is 93.3 cm³/mol. The Labute approximate surface area is 134 Å². The second-order valence-electron chi connectivity index (χ2n) is 7.76. The SMILES string of the molecule is C=C1/C(=C\C(=N\O)c2ccccc2)C(C)(C)C(C)(C)C1(C)C. The summed E-state index contributed by atoms with van der Waals surface area (Å²) in [4.78, 5) is 0. The second kappa shape index (κ2) is 5.12. The summed E-state index contributed by atoms with van der Waals surface area (Å²) < 4.78 is 0. The van der Waals surface area contributed by atoms with Gasteiger partial charge in [0.1, 0.15) is 5.71 Å². The van der Waals surface area contributed by atoms with Crippen LogP contribution in [-0.4, -0.2) is 10.9 Å². The molecule has 1 aliphatic carbocycles. The van der Waals surface area contributed by atoms with Crippen molar-refractivity contribution in [3.8, 4) is 0 Å². The fourth-order valence-electron chi connectivity index (χ4n) is 3.39. The van der Waals surface area contributed by atoms with Crippen LogP contribution >= 0.6 is 0 Å². The fraction of sp³-hybridized carbons (Fsp3) is 0.450. The van der Waals surface area contributed by atoms with E-state index in [0.29, 0.717) is 5.71 Å². The minimum Gasteiger partial charge on any atom is -0.410 e. The fourth-order valence-corrected chi connectivity index (χ4v) is 3.39. The maximum Gasteiger partial charge on any atom is 0.110 e. The van der Waals surface area contributed by atoms with Crippen molar-refractivity contribution in [3.05, 3.63) is 59.7 Å². The summed E-state index contributed by atoms with van der Waals surface area (Å²) >= 11 is 0. The Morgan fingerprint density at radius 3 is 1.95 bits per heavy atom. The number of nitrogens with zero attached hydrogens (tertiary/aromatic N) is 1. The van der Waals surface area contributed by atoms with E-state index in [1.54, 1.807) is 0 Å². The average molecular weight is 297 g/mol. The van der Waals surface area contributed by atoms with Crippen LogP contribution in [0.4, 0.5) is 0 Å². The minimum atomic E-state index is -0.0572. The van der Waals surface area contributed by atoms with Crippen LogP contribution in [0, 0.1) is 16.2 Å². The molecule has 0 amide bonds. The van der Waals surface area contributed by atoms with Gasteiger partial charge < -0.3 is 5.21 Å². The molecule has 2 heteroatoms. The van der Waals surface area contributed by atoms with Gasteiger partial charge in [0.05, 0.1) is 0 Å². The van der Waals surface area contributed by atoms with Crippen LogP contribution in [0.1, 0.15) is 47.1 Å². The number of benzene rings is 1. The molecule has 2 rings (SSSR count). The van der Waals surface area contributed by atoms with Crippen molar-refractivity contribution in [1.82, 2.24) is 0 Å². The highest BCUT2D eigenvalue weighted by Gasteiger charge is 2.58. The molecule has 118 valence electrons. The first-order valence-electron chi connectivity index (χ1n) is 7.77. The maximum atomic E-state index is 9.47. The van der Waals surface area contributed by atoms with Crippen molar-refractivity contribution in [3.63, 3.8) is 0 Å². The Morgan fingerprint density at radius 1 is 1.00 bits per heavy atom. The number of hydrogen-bond donors (Lipinski definition) is 1. The highest BCUT2D eigenvalue weighted by atomic mass is 16.4.